The van der Waals surface area contributed by atoms with Gasteiger partial charge in [0.25, 0.3) is 0 Å². The van der Waals surface area contributed by atoms with E-state index in [9.17, 15) is 5.48 Å². The topological polar surface area (TPSA) is 13.1 Å². The molecule has 200 valence electrons. The van der Waals surface area contributed by atoms with E-state index in [1.807, 2.05) is 109 Å². The molecule has 43 heavy (non-hydrogen) atoms. The molecule has 0 amide bonds. The summed E-state index contributed by atoms with van der Waals surface area (Å²) >= 11 is 0. The summed E-state index contributed by atoms with van der Waals surface area (Å²) in [4.78, 5) is 0. The van der Waals surface area contributed by atoms with Gasteiger partial charge in [-0.15, -0.1) is 0 Å². The van der Waals surface area contributed by atoms with Crippen LogP contribution in [-0.4, -0.2) is 0 Å². The van der Waals surface area contributed by atoms with E-state index in [1.165, 1.54) is 0 Å². The number of rotatable bonds is 3. The number of hydrogen-bond acceptors (Lipinski definition) is 1. The summed E-state index contributed by atoms with van der Waals surface area (Å²) in [5.41, 5.74) is 2.86. The second kappa shape index (κ2) is 9.44. The lowest BCUT2D eigenvalue weighted by molar-refractivity contribution is 0.632. The third-order valence-electron chi connectivity index (χ3n) is 8.29. The largest absolute Gasteiger partial charge is 0.455 e. The molecule has 0 aliphatic heterocycles. The van der Waals surface area contributed by atoms with Crippen LogP contribution in [0.3, 0.4) is 0 Å². The third-order valence-corrected chi connectivity index (χ3v) is 8.29. The van der Waals surface area contributed by atoms with Crippen LogP contribution in [0, 0.1) is 0 Å². The van der Waals surface area contributed by atoms with Crippen LogP contribution in [0.2, 0.25) is 0 Å². The van der Waals surface area contributed by atoms with Crippen molar-refractivity contribution in [1.82, 2.24) is 0 Å². The first kappa shape index (κ1) is 17.3. The Labute approximate surface area is 260 Å². The molecule has 0 spiro atoms. The summed E-state index contributed by atoms with van der Waals surface area (Å²) in [6.45, 7) is 0. The maximum absolute atomic E-state index is 9.43. The van der Waals surface area contributed by atoms with Crippen LogP contribution in [0.4, 0.5) is 0 Å². The van der Waals surface area contributed by atoms with Gasteiger partial charge in [0.15, 0.2) is 0 Å². The highest BCUT2D eigenvalue weighted by Crippen LogP contribution is 2.49. The van der Waals surface area contributed by atoms with Crippen LogP contribution in [0.25, 0.3) is 87.6 Å². The summed E-state index contributed by atoms with van der Waals surface area (Å²) in [6.07, 6.45) is 0. The fourth-order valence-electron chi connectivity index (χ4n) is 6.41. The standard InChI is InChI=1S/C42H26O/c1-2-13-29(14-3-1)42-41(36-20-10-11-21-38(36)43-42)40-34-18-8-6-16-32(34)39(33-17-7-9-19-35(33)40)30-25-24-28-23-22-27-12-4-5-15-31(27)37(28)26-30/h1-26H/i6D,7D,8D,9D,16D,17D,18D,19D. The minimum atomic E-state index is -0.446. The highest BCUT2D eigenvalue weighted by molar-refractivity contribution is 6.25. The molecule has 9 rings (SSSR count). The van der Waals surface area contributed by atoms with Gasteiger partial charge in [-0.2, -0.15) is 0 Å². The monoisotopic (exact) mass is 554 g/mol. The Kier molecular flexibility index (Phi) is 3.80. The molecule has 0 fully saturated rings. The van der Waals surface area contributed by atoms with E-state index in [0.717, 1.165) is 21.5 Å². The predicted molar refractivity (Wildman–Crippen MR) is 183 cm³/mol. The molecule has 9 aromatic rings. The summed E-state index contributed by atoms with van der Waals surface area (Å²) in [6, 6.07) is 31.5. The van der Waals surface area contributed by atoms with Crippen molar-refractivity contribution in [2.24, 2.45) is 0 Å². The van der Waals surface area contributed by atoms with E-state index >= 15 is 0 Å². The molecular formula is C42H26O. The van der Waals surface area contributed by atoms with Crippen LogP contribution in [0.5, 0.6) is 0 Å². The molecule has 0 unspecified atom stereocenters. The number of furan rings is 1. The zero-order chi connectivity index (χ0) is 35.3. The molecule has 0 radical (unpaired) electrons. The Morgan fingerprint density at radius 2 is 0.953 bits per heavy atom. The Hall–Kier alpha value is -5.66. The SMILES string of the molecule is [2H]c1c([2H])c([2H])c2c(-c3c(-c4ccccc4)oc4ccccc34)c3c([2H])c([2H])c([2H])c([2H])c3c(-c3ccc4ccc5ccccc5c4c3)c2c1[2H]. The van der Waals surface area contributed by atoms with Crippen molar-refractivity contribution in [3.05, 3.63) is 158 Å². The smallest absolute Gasteiger partial charge is 0.143 e. The molecule has 1 aromatic heterocycles. The molecule has 1 heteroatoms. The fourth-order valence-corrected chi connectivity index (χ4v) is 6.41. The minimum absolute atomic E-state index is 0.148. The van der Waals surface area contributed by atoms with Crippen LogP contribution in [0.1, 0.15) is 11.0 Å². The predicted octanol–water partition coefficient (Wildman–Crippen LogP) is 12.0. The highest BCUT2D eigenvalue weighted by atomic mass is 16.3. The van der Waals surface area contributed by atoms with Crippen LogP contribution >= 0.6 is 0 Å². The number of para-hydroxylation sites is 1. The van der Waals surface area contributed by atoms with Crippen molar-refractivity contribution in [3.8, 4) is 33.6 Å². The van der Waals surface area contributed by atoms with Gasteiger partial charge in [0, 0.05) is 22.1 Å². The average Bonchev–Trinajstić information content (AvgIpc) is 3.56. The van der Waals surface area contributed by atoms with Crippen molar-refractivity contribution in [1.29, 1.82) is 0 Å². The summed E-state index contributed by atoms with van der Waals surface area (Å²) in [5.74, 6) is 0.421. The van der Waals surface area contributed by atoms with Gasteiger partial charge in [-0.25, -0.2) is 0 Å². The molecule has 0 aliphatic rings. The maximum Gasteiger partial charge on any atom is 0.143 e. The molecule has 0 saturated carbocycles. The highest BCUT2D eigenvalue weighted by Gasteiger charge is 2.23. The number of benzene rings is 8. The van der Waals surface area contributed by atoms with Crippen molar-refractivity contribution >= 4 is 54.1 Å². The van der Waals surface area contributed by atoms with E-state index in [-0.39, 0.29) is 51.3 Å². The normalized spacial score (nSPS) is 14.3. The number of fused-ring (bicyclic) bond motifs is 6. The van der Waals surface area contributed by atoms with E-state index in [1.54, 1.807) is 0 Å². The Balaban J connectivity index is 1.59. The van der Waals surface area contributed by atoms with E-state index in [2.05, 4.69) is 0 Å². The van der Waals surface area contributed by atoms with Gasteiger partial charge in [0.05, 0.1) is 11.0 Å². The lowest BCUT2D eigenvalue weighted by atomic mass is 9.84. The van der Waals surface area contributed by atoms with E-state index < -0.39 is 24.2 Å². The summed E-state index contributed by atoms with van der Waals surface area (Å²) in [5, 5.41) is 5.15. The third kappa shape index (κ3) is 3.65. The van der Waals surface area contributed by atoms with E-state index in [0.29, 0.717) is 39.0 Å². The molecule has 0 N–H and O–H groups in total. The molecule has 0 saturated heterocycles. The summed E-state index contributed by atoms with van der Waals surface area (Å²) in [7, 11) is 0. The van der Waals surface area contributed by atoms with Gasteiger partial charge in [0.1, 0.15) is 11.3 Å². The molecule has 1 nitrogen and oxygen atoms in total. The zero-order valence-corrected chi connectivity index (χ0v) is 22.8. The van der Waals surface area contributed by atoms with Crippen molar-refractivity contribution in [2.75, 3.05) is 0 Å². The molecule has 0 aliphatic carbocycles. The van der Waals surface area contributed by atoms with Crippen molar-refractivity contribution < 1.29 is 15.4 Å². The zero-order valence-electron chi connectivity index (χ0n) is 30.8. The van der Waals surface area contributed by atoms with Crippen LogP contribution < -0.4 is 0 Å². The Morgan fingerprint density at radius 1 is 0.395 bits per heavy atom. The van der Waals surface area contributed by atoms with Crippen molar-refractivity contribution in [3.63, 3.8) is 0 Å². The number of hydrogen-bond donors (Lipinski definition) is 0. The molecular weight excluding hydrogens is 520 g/mol. The van der Waals surface area contributed by atoms with Gasteiger partial charge in [0.2, 0.25) is 0 Å². The molecule has 0 bridgehead atoms. The van der Waals surface area contributed by atoms with Gasteiger partial charge < -0.3 is 4.42 Å². The Bertz CT molecular complexity index is 2870. The minimum Gasteiger partial charge on any atom is -0.455 e. The molecule has 1 heterocycles. The first-order chi connectivity index (χ1) is 24.7. The van der Waals surface area contributed by atoms with Crippen molar-refractivity contribution in [2.45, 2.75) is 0 Å². The Morgan fingerprint density at radius 3 is 1.67 bits per heavy atom. The van der Waals surface area contributed by atoms with Gasteiger partial charge in [-0.3, -0.25) is 0 Å². The van der Waals surface area contributed by atoms with Crippen LogP contribution in [0.15, 0.2) is 162 Å². The lowest BCUT2D eigenvalue weighted by Gasteiger charge is -2.18. The van der Waals surface area contributed by atoms with Gasteiger partial charge in [-0.1, -0.05) is 145 Å². The van der Waals surface area contributed by atoms with Gasteiger partial charge in [-0.05, 0) is 66.3 Å². The van der Waals surface area contributed by atoms with Crippen LogP contribution in [-0.2, 0) is 0 Å². The first-order valence-corrected chi connectivity index (χ1v) is 14.1. The second-order valence-electron chi connectivity index (χ2n) is 10.6. The molecule has 8 aromatic carbocycles. The summed E-state index contributed by atoms with van der Waals surface area (Å²) < 4.78 is 79.6. The maximum atomic E-state index is 9.43. The first-order valence-electron chi connectivity index (χ1n) is 18.1. The average molecular weight is 555 g/mol. The fraction of sp³-hybridized carbons (Fsp3) is 0. The lowest BCUT2D eigenvalue weighted by Crippen LogP contribution is -1.92. The molecule has 0 atom stereocenters. The van der Waals surface area contributed by atoms with Gasteiger partial charge >= 0.3 is 0 Å². The quantitative estimate of drug-likeness (QED) is 0.156. The van der Waals surface area contributed by atoms with E-state index in [4.69, 9.17) is 9.90 Å². The second-order valence-corrected chi connectivity index (χ2v) is 10.6.